The molecule has 212 valence electrons. The second-order valence-electron chi connectivity index (χ2n) is 11.1. The van der Waals surface area contributed by atoms with Crippen LogP contribution in [0.15, 0.2) is 42.7 Å². The van der Waals surface area contributed by atoms with Crippen molar-refractivity contribution in [1.29, 1.82) is 0 Å². The number of amides is 1. The molecule has 7 rings (SSSR count). The maximum atomic E-state index is 13.3. The highest BCUT2D eigenvalue weighted by Gasteiger charge is 2.29. The number of hydrogen-bond donors (Lipinski definition) is 1. The fourth-order valence-electron chi connectivity index (χ4n) is 5.82. The minimum Gasteiger partial charge on any atom is -0.489 e. The molecule has 2 aliphatic rings. The normalized spacial score (nSPS) is 16.1. The van der Waals surface area contributed by atoms with Crippen molar-refractivity contribution in [2.75, 3.05) is 26.4 Å². The molecule has 12 heteroatoms. The number of alkyl halides is 1. The number of para-hydroxylation sites is 1. The van der Waals surface area contributed by atoms with E-state index in [1.807, 2.05) is 25.2 Å². The van der Waals surface area contributed by atoms with E-state index in [1.165, 1.54) is 12.8 Å². The summed E-state index contributed by atoms with van der Waals surface area (Å²) in [7, 11) is 2.02. The average Bonchev–Trinajstić information content (AvgIpc) is 3.35. The second kappa shape index (κ2) is 10.3. The zero-order chi connectivity index (χ0) is 28.1. The number of fused-ring (bicyclic) bond motifs is 3. The summed E-state index contributed by atoms with van der Waals surface area (Å²) in [5.41, 5.74) is 11.2. The minimum absolute atomic E-state index is 0.115. The largest absolute Gasteiger partial charge is 0.489 e. The van der Waals surface area contributed by atoms with Gasteiger partial charge in [-0.15, -0.1) is 5.10 Å². The molecule has 0 bridgehead atoms. The number of nitrogens with two attached hydrogens (primary N) is 1. The summed E-state index contributed by atoms with van der Waals surface area (Å²) in [6.07, 6.45) is 4.69. The number of halogens is 1. The van der Waals surface area contributed by atoms with Crippen molar-refractivity contribution in [2.45, 2.75) is 38.4 Å². The van der Waals surface area contributed by atoms with Crippen LogP contribution >= 0.6 is 0 Å². The maximum absolute atomic E-state index is 13.3. The zero-order valence-electron chi connectivity index (χ0n) is 22.9. The Morgan fingerprint density at radius 1 is 1.22 bits per heavy atom. The molecule has 4 heterocycles. The lowest BCUT2D eigenvalue weighted by Crippen LogP contribution is -2.45. The fraction of sp³-hybridized carbons (Fsp3) is 0.414. The molecule has 1 aliphatic heterocycles. The highest BCUT2D eigenvalue weighted by atomic mass is 19.1. The highest BCUT2D eigenvalue weighted by Crippen LogP contribution is 2.39. The third-order valence-electron chi connectivity index (χ3n) is 8.15. The Balaban J connectivity index is 1.27. The fourth-order valence-corrected chi connectivity index (χ4v) is 5.82. The molecular weight excluding hydrogens is 525 g/mol. The molecule has 2 aromatic carbocycles. The first kappa shape index (κ1) is 25.6. The monoisotopic (exact) mass is 557 g/mol. The van der Waals surface area contributed by atoms with Gasteiger partial charge in [0.25, 0.3) is 5.91 Å². The van der Waals surface area contributed by atoms with Crippen LogP contribution in [0.2, 0.25) is 0 Å². The second-order valence-corrected chi connectivity index (χ2v) is 11.1. The van der Waals surface area contributed by atoms with E-state index in [-0.39, 0.29) is 12.5 Å². The number of imidazole rings is 1. The Labute approximate surface area is 235 Å². The quantitative estimate of drug-likeness (QED) is 0.280. The lowest BCUT2D eigenvalue weighted by Gasteiger charge is -2.30. The van der Waals surface area contributed by atoms with Crippen LogP contribution in [0.4, 0.5) is 4.39 Å². The van der Waals surface area contributed by atoms with Crippen LogP contribution < -0.4 is 10.5 Å². The number of carbonyl (C=O) groups excluding carboxylic acids is 1. The first-order chi connectivity index (χ1) is 20.0. The van der Waals surface area contributed by atoms with E-state index in [4.69, 9.17) is 15.5 Å². The summed E-state index contributed by atoms with van der Waals surface area (Å²) in [4.78, 5) is 20.0. The van der Waals surface area contributed by atoms with Gasteiger partial charge in [0.2, 0.25) is 0 Å². The number of tetrazole rings is 1. The Morgan fingerprint density at radius 3 is 2.88 bits per heavy atom. The number of benzene rings is 2. The molecule has 0 unspecified atom stereocenters. The van der Waals surface area contributed by atoms with Crippen LogP contribution in [0, 0.1) is 5.92 Å². The Kier molecular flexibility index (Phi) is 6.41. The molecule has 1 saturated carbocycles. The van der Waals surface area contributed by atoms with Crippen molar-refractivity contribution in [3.8, 4) is 17.3 Å². The van der Waals surface area contributed by atoms with Crippen molar-refractivity contribution in [1.82, 2.24) is 39.2 Å². The molecule has 1 aliphatic carbocycles. The number of carbonyl (C=O) groups is 1. The van der Waals surface area contributed by atoms with Crippen molar-refractivity contribution >= 4 is 27.8 Å². The molecular formula is C29H32FN9O2. The summed E-state index contributed by atoms with van der Waals surface area (Å²) in [5.74, 6) is 2.16. The molecule has 1 fully saturated rings. The van der Waals surface area contributed by atoms with Gasteiger partial charge in [-0.25, -0.2) is 14.1 Å². The summed E-state index contributed by atoms with van der Waals surface area (Å²) in [6.45, 7) is 1.95. The van der Waals surface area contributed by atoms with Gasteiger partial charge in [-0.3, -0.25) is 4.79 Å². The van der Waals surface area contributed by atoms with Gasteiger partial charge >= 0.3 is 0 Å². The van der Waals surface area contributed by atoms with E-state index in [0.29, 0.717) is 37.6 Å². The average molecular weight is 558 g/mol. The molecule has 41 heavy (non-hydrogen) atoms. The molecule has 11 nitrogen and oxygen atoms in total. The molecule has 5 aromatic rings. The highest BCUT2D eigenvalue weighted by molar-refractivity contribution is 6.01. The Bertz CT molecular complexity index is 1740. The van der Waals surface area contributed by atoms with Crippen molar-refractivity contribution in [3.63, 3.8) is 0 Å². The van der Waals surface area contributed by atoms with E-state index in [2.05, 4.69) is 42.9 Å². The number of ether oxygens (including phenoxy) is 1. The van der Waals surface area contributed by atoms with Gasteiger partial charge in [0, 0.05) is 37.6 Å². The van der Waals surface area contributed by atoms with E-state index in [0.717, 1.165) is 51.3 Å². The van der Waals surface area contributed by atoms with Gasteiger partial charge in [0.05, 0.1) is 34.8 Å². The summed E-state index contributed by atoms with van der Waals surface area (Å²) < 4.78 is 25.4. The van der Waals surface area contributed by atoms with Gasteiger partial charge in [-0.2, -0.15) is 0 Å². The predicted octanol–water partition coefficient (Wildman–Crippen LogP) is 2.97. The first-order valence-electron chi connectivity index (χ1n) is 14.1. The third-order valence-corrected chi connectivity index (χ3v) is 8.15. The first-order valence-corrected chi connectivity index (χ1v) is 14.1. The van der Waals surface area contributed by atoms with E-state index >= 15 is 0 Å². The third kappa shape index (κ3) is 4.71. The van der Waals surface area contributed by atoms with Crippen molar-refractivity contribution in [3.05, 3.63) is 53.9 Å². The number of nitrogens with zero attached hydrogens (tertiary/aromatic N) is 8. The smallest absolute Gasteiger partial charge is 0.254 e. The van der Waals surface area contributed by atoms with Crippen LogP contribution in [-0.4, -0.2) is 77.5 Å². The van der Waals surface area contributed by atoms with Crippen LogP contribution in [-0.2, 0) is 26.6 Å². The summed E-state index contributed by atoms with van der Waals surface area (Å²) in [5, 5.41) is 12.4. The Morgan fingerprint density at radius 2 is 2.10 bits per heavy atom. The summed E-state index contributed by atoms with van der Waals surface area (Å²) >= 11 is 0. The molecule has 2 N–H and O–H groups in total. The molecule has 1 amide bonds. The van der Waals surface area contributed by atoms with Gasteiger partial charge in [-0.05, 0) is 65.4 Å². The van der Waals surface area contributed by atoms with Gasteiger partial charge < -0.3 is 24.5 Å². The Hall–Kier alpha value is -4.32. The van der Waals surface area contributed by atoms with Gasteiger partial charge in [-0.1, -0.05) is 12.1 Å². The van der Waals surface area contributed by atoms with E-state index < -0.39 is 12.7 Å². The molecule has 1 atom stereocenters. The lowest BCUT2D eigenvalue weighted by molar-refractivity contribution is 0.0725. The topological polar surface area (TPSA) is 122 Å². The van der Waals surface area contributed by atoms with E-state index in [9.17, 15) is 9.18 Å². The van der Waals surface area contributed by atoms with Crippen LogP contribution in [0.25, 0.3) is 33.5 Å². The van der Waals surface area contributed by atoms with Gasteiger partial charge in [0.1, 0.15) is 25.4 Å². The SMILES string of the molecule is Cn1c(-c2cc3cccc(OCCn4cnnn4)c3n2CC2CC2)nc2cc3c(cc21)CCN(C[C@H](N)CF)C3=O. The zero-order valence-corrected chi connectivity index (χ0v) is 22.9. The number of rotatable bonds is 10. The standard InChI is InChI=1S/C29H32FN9O2/c1-36-24-11-19-7-8-37(16-21(31)14-30)29(40)22(19)13-23(24)33-28(36)25-12-20-3-2-4-26(27(20)39(25)15-18-5-6-18)41-10-9-38-17-32-34-35-38/h2-4,11-13,17-18,21H,5-10,14-16,31H2,1H3/t21-/m1/s1. The lowest BCUT2D eigenvalue weighted by atomic mass is 9.97. The molecule has 0 spiro atoms. The number of hydrogen-bond acceptors (Lipinski definition) is 7. The van der Waals surface area contributed by atoms with Crippen LogP contribution in [0.5, 0.6) is 5.75 Å². The van der Waals surface area contributed by atoms with Crippen LogP contribution in [0.3, 0.4) is 0 Å². The predicted molar refractivity (Wildman–Crippen MR) is 151 cm³/mol. The van der Waals surface area contributed by atoms with Crippen molar-refractivity contribution in [2.24, 2.45) is 18.7 Å². The van der Waals surface area contributed by atoms with Crippen molar-refractivity contribution < 1.29 is 13.9 Å². The minimum atomic E-state index is -0.674. The van der Waals surface area contributed by atoms with Gasteiger partial charge in [0.15, 0.2) is 5.82 Å². The molecule has 0 radical (unpaired) electrons. The summed E-state index contributed by atoms with van der Waals surface area (Å²) in [6, 6.07) is 11.6. The van der Waals surface area contributed by atoms with E-state index in [1.54, 1.807) is 15.9 Å². The number of aromatic nitrogens is 7. The number of aryl methyl sites for hydroxylation is 1. The maximum Gasteiger partial charge on any atom is 0.254 e. The molecule has 0 saturated heterocycles. The van der Waals surface area contributed by atoms with Crippen LogP contribution in [0.1, 0.15) is 28.8 Å². The molecule has 3 aromatic heterocycles.